The average molecular weight is 234 g/mol. The van der Waals surface area contributed by atoms with Gasteiger partial charge in [-0.25, -0.2) is 9.97 Å². The summed E-state index contributed by atoms with van der Waals surface area (Å²) in [5.74, 6) is 0. The van der Waals surface area contributed by atoms with E-state index in [0.29, 0.717) is 0 Å². The first-order chi connectivity index (χ1) is 8.90. The molecule has 0 saturated heterocycles. The van der Waals surface area contributed by atoms with E-state index in [2.05, 4.69) is 22.2 Å². The number of nitrogens with zero attached hydrogens (tertiary/aromatic N) is 4. The van der Waals surface area contributed by atoms with Gasteiger partial charge in [-0.15, -0.1) is 0 Å². The van der Waals surface area contributed by atoms with Crippen molar-refractivity contribution in [3.63, 3.8) is 0 Å². The Bertz CT molecular complexity index is 774. The number of aromatic nitrogens is 4. The first-order valence-electron chi connectivity index (χ1n) is 5.77. The lowest BCUT2D eigenvalue weighted by Gasteiger charge is -1.91. The summed E-state index contributed by atoms with van der Waals surface area (Å²) >= 11 is 0. The molecule has 86 valence electrons. The Morgan fingerprint density at radius 1 is 0.833 bits per heavy atom. The van der Waals surface area contributed by atoms with Gasteiger partial charge >= 0.3 is 0 Å². The molecule has 0 amide bonds. The predicted molar refractivity (Wildman–Crippen MR) is 70.3 cm³/mol. The Balaban J connectivity index is 0.0000000980. The maximum Gasteiger partial charge on any atom is 0.137 e. The topological polar surface area (TPSA) is 34.6 Å². The summed E-state index contributed by atoms with van der Waals surface area (Å²) < 4.78 is 4.02. The number of fused-ring (bicyclic) bond motifs is 2. The smallest absolute Gasteiger partial charge is 0.137 e. The van der Waals surface area contributed by atoms with Crippen molar-refractivity contribution < 1.29 is 0 Å². The molecule has 6 heterocycles. The lowest BCUT2D eigenvalue weighted by atomic mass is 10.3. The molecule has 0 saturated carbocycles. The Morgan fingerprint density at radius 2 is 1.83 bits per heavy atom. The molecule has 0 aliphatic heterocycles. The van der Waals surface area contributed by atoms with Gasteiger partial charge in [0.05, 0.1) is 5.52 Å². The van der Waals surface area contributed by atoms with E-state index in [1.54, 1.807) is 6.20 Å². The molecule has 0 N–H and O–H groups in total. The highest BCUT2D eigenvalue weighted by Crippen LogP contribution is 2.19. The number of imidazole rings is 2. The van der Waals surface area contributed by atoms with Gasteiger partial charge in [0.1, 0.15) is 11.3 Å². The van der Waals surface area contributed by atoms with Crippen LogP contribution in [0.4, 0.5) is 0 Å². The lowest BCUT2D eigenvalue weighted by Crippen LogP contribution is -1.81. The van der Waals surface area contributed by atoms with Crippen LogP contribution in [0.1, 0.15) is 0 Å². The summed E-state index contributed by atoms with van der Waals surface area (Å²) in [5, 5.41) is 1.24. The zero-order valence-corrected chi connectivity index (χ0v) is 9.56. The van der Waals surface area contributed by atoms with Gasteiger partial charge < -0.3 is 8.80 Å². The minimum Gasteiger partial charge on any atom is -0.307 e. The Kier molecular flexibility index (Phi) is 1.80. The number of hydrogen-bond donors (Lipinski definition) is 0. The number of hydrogen-bond acceptors (Lipinski definition) is 2. The quantitative estimate of drug-likeness (QED) is 0.413. The summed E-state index contributed by atoms with van der Waals surface area (Å²) in [6.07, 6.45) is 9.83. The highest BCUT2D eigenvalue weighted by molar-refractivity contribution is 5.84. The Hall–Kier alpha value is -2.62. The minimum absolute atomic E-state index is 0.998. The van der Waals surface area contributed by atoms with Gasteiger partial charge in [-0.2, -0.15) is 0 Å². The largest absolute Gasteiger partial charge is 0.307 e. The monoisotopic (exact) mass is 234 g/mol. The van der Waals surface area contributed by atoms with Crippen molar-refractivity contribution in [3.05, 3.63) is 61.3 Å². The second-order valence-corrected chi connectivity index (χ2v) is 4.20. The van der Waals surface area contributed by atoms with Gasteiger partial charge in [0, 0.05) is 36.4 Å². The van der Waals surface area contributed by atoms with Gasteiger partial charge in [-0.1, -0.05) is 6.07 Å². The van der Waals surface area contributed by atoms with Gasteiger partial charge in [-0.3, -0.25) is 0 Å². The second-order valence-electron chi connectivity index (χ2n) is 4.20. The highest BCUT2D eigenvalue weighted by Gasteiger charge is 2.04. The van der Waals surface area contributed by atoms with Crippen molar-refractivity contribution in [2.45, 2.75) is 0 Å². The molecule has 6 rings (SSSR count). The minimum atomic E-state index is 0.998. The van der Waals surface area contributed by atoms with E-state index in [0.717, 1.165) is 16.8 Å². The van der Waals surface area contributed by atoms with Crippen LogP contribution in [0.15, 0.2) is 61.3 Å². The molecule has 6 aromatic rings. The van der Waals surface area contributed by atoms with E-state index in [1.807, 2.05) is 51.7 Å². The summed E-state index contributed by atoms with van der Waals surface area (Å²) in [6.45, 7) is 0. The fraction of sp³-hybridized carbons (Fsp3) is 0. The molecule has 0 radical (unpaired) electrons. The van der Waals surface area contributed by atoms with E-state index in [-0.39, 0.29) is 0 Å². The zero-order valence-electron chi connectivity index (χ0n) is 9.56. The third-order valence-electron chi connectivity index (χ3n) is 3.05. The van der Waals surface area contributed by atoms with Crippen molar-refractivity contribution in [2.24, 2.45) is 0 Å². The summed E-state index contributed by atoms with van der Waals surface area (Å²) in [7, 11) is 0. The predicted octanol–water partition coefficient (Wildman–Crippen LogP) is 2.70. The summed E-state index contributed by atoms with van der Waals surface area (Å²) in [6, 6.07) is 10.1. The molecule has 0 spiro atoms. The molecule has 0 aliphatic carbocycles. The molecule has 0 fully saturated rings. The highest BCUT2D eigenvalue weighted by atomic mass is 15.0. The molecule has 4 nitrogen and oxygen atoms in total. The maximum absolute atomic E-state index is 4.27. The van der Waals surface area contributed by atoms with Crippen molar-refractivity contribution in [3.8, 4) is 0 Å². The van der Waals surface area contributed by atoms with Crippen molar-refractivity contribution in [2.75, 3.05) is 0 Å². The van der Waals surface area contributed by atoms with Gasteiger partial charge in [0.25, 0.3) is 0 Å². The standard InChI is InChI=1S/C7H4N2.C7H6N2/c1-2-7-8-6-4-9(7)3-5(1)6;1-2-5-9-6-4-8-7(9)3-1/h1-4H;1-6H. The molecule has 0 atom stereocenters. The van der Waals surface area contributed by atoms with Crippen LogP contribution in [0.5, 0.6) is 0 Å². The Morgan fingerprint density at radius 3 is 2.50 bits per heavy atom. The Labute approximate surface area is 103 Å². The van der Waals surface area contributed by atoms with Crippen molar-refractivity contribution in [1.82, 2.24) is 18.8 Å². The van der Waals surface area contributed by atoms with E-state index in [1.165, 1.54) is 5.39 Å². The van der Waals surface area contributed by atoms with E-state index < -0.39 is 0 Å². The third-order valence-corrected chi connectivity index (χ3v) is 3.05. The van der Waals surface area contributed by atoms with Gasteiger partial charge in [0.15, 0.2) is 0 Å². The fourth-order valence-electron chi connectivity index (χ4n) is 2.15. The second kappa shape index (κ2) is 3.43. The molecule has 4 bridgehead atoms. The molecular weight excluding hydrogens is 224 g/mol. The molecule has 6 aromatic heterocycles. The van der Waals surface area contributed by atoms with Gasteiger partial charge in [-0.05, 0) is 24.3 Å². The summed E-state index contributed by atoms with van der Waals surface area (Å²) in [5.41, 5.74) is 3.17. The zero-order chi connectivity index (χ0) is 11.9. The molecule has 0 unspecified atom stereocenters. The van der Waals surface area contributed by atoms with Crippen LogP contribution in [-0.4, -0.2) is 18.8 Å². The van der Waals surface area contributed by atoms with Crippen LogP contribution in [0.2, 0.25) is 0 Å². The van der Waals surface area contributed by atoms with Crippen LogP contribution in [0, 0.1) is 0 Å². The van der Waals surface area contributed by atoms with Crippen LogP contribution < -0.4 is 0 Å². The van der Waals surface area contributed by atoms with E-state index in [4.69, 9.17) is 0 Å². The lowest BCUT2D eigenvalue weighted by molar-refractivity contribution is 1.19. The molecule has 0 aromatic carbocycles. The van der Waals surface area contributed by atoms with Gasteiger partial charge in [0.2, 0.25) is 0 Å². The maximum atomic E-state index is 4.27. The average Bonchev–Trinajstić information content (AvgIpc) is 3.12. The number of pyridine rings is 3. The van der Waals surface area contributed by atoms with Crippen molar-refractivity contribution >= 4 is 22.2 Å². The van der Waals surface area contributed by atoms with Crippen LogP contribution in [0.25, 0.3) is 22.2 Å². The van der Waals surface area contributed by atoms with E-state index in [9.17, 15) is 0 Å². The molecule has 18 heavy (non-hydrogen) atoms. The van der Waals surface area contributed by atoms with Crippen LogP contribution in [-0.2, 0) is 0 Å². The first kappa shape index (κ1) is 9.41. The van der Waals surface area contributed by atoms with Crippen LogP contribution in [0.3, 0.4) is 0 Å². The summed E-state index contributed by atoms with van der Waals surface area (Å²) in [4.78, 5) is 8.35. The number of rotatable bonds is 0. The fourth-order valence-corrected chi connectivity index (χ4v) is 2.15. The van der Waals surface area contributed by atoms with Crippen molar-refractivity contribution in [1.29, 1.82) is 0 Å². The van der Waals surface area contributed by atoms with E-state index >= 15 is 0 Å². The van der Waals surface area contributed by atoms with Crippen LogP contribution >= 0.6 is 0 Å². The third kappa shape index (κ3) is 1.32. The molecule has 4 heteroatoms. The molecular formula is C14H10N4. The SMILES string of the molecule is c1cc2nc3cn2cc13.c1ccn2ccnc2c1. The first-order valence-corrected chi connectivity index (χ1v) is 5.77. The molecule has 0 aliphatic rings. The normalized spacial score (nSPS) is 11.3.